The van der Waals surface area contributed by atoms with Gasteiger partial charge < -0.3 is 14.8 Å². The van der Waals surface area contributed by atoms with E-state index in [1.807, 2.05) is 0 Å². The second-order valence-corrected chi connectivity index (χ2v) is 7.51. The number of nitrogens with one attached hydrogen (secondary N) is 2. The normalized spacial score (nSPS) is 10.8. The van der Waals surface area contributed by atoms with Crippen molar-refractivity contribution >= 4 is 33.3 Å². The molecule has 2 rings (SSSR count). The Morgan fingerprint density at radius 2 is 1.87 bits per heavy atom. The number of benzene rings is 2. The van der Waals surface area contributed by atoms with E-state index in [1.165, 1.54) is 43.5 Å². The van der Waals surface area contributed by atoms with E-state index >= 15 is 0 Å². The molecule has 0 atom stereocenters. The average Bonchev–Trinajstić information content (AvgIpc) is 2.72. The van der Waals surface area contributed by atoms with Crippen LogP contribution in [0.25, 0.3) is 0 Å². The van der Waals surface area contributed by atoms with Gasteiger partial charge in [-0.05, 0) is 18.2 Å². The highest BCUT2D eigenvalue weighted by Gasteiger charge is 2.21. The predicted octanol–water partition coefficient (Wildman–Crippen LogP) is 1.31. The number of rotatable bonds is 10. The molecule has 0 bridgehead atoms. The Morgan fingerprint density at radius 3 is 2.57 bits per heavy atom. The third-order valence-electron chi connectivity index (χ3n) is 3.69. The maximum absolute atomic E-state index is 12.6. The molecule has 0 aliphatic heterocycles. The maximum atomic E-state index is 12.6. The topological polar surface area (TPSA) is 154 Å². The number of methoxy groups -OCH3 is 1. The molecule has 2 aromatic carbocycles. The van der Waals surface area contributed by atoms with E-state index in [9.17, 15) is 28.1 Å². The van der Waals surface area contributed by atoms with Gasteiger partial charge in [0, 0.05) is 25.8 Å². The summed E-state index contributed by atoms with van der Waals surface area (Å²) in [6, 6.07) is 10.1. The fraction of sp³-hybridized carbons (Fsp3) is 0.222. The minimum absolute atomic E-state index is 0.103. The van der Waals surface area contributed by atoms with Crippen molar-refractivity contribution in [1.82, 2.24) is 5.32 Å². The van der Waals surface area contributed by atoms with Crippen LogP contribution in [0.5, 0.6) is 0 Å². The van der Waals surface area contributed by atoms with Crippen molar-refractivity contribution in [2.75, 3.05) is 31.6 Å². The highest BCUT2D eigenvalue weighted by Crippen LogP contribution is 2.23. The predicted molar refractivity (Wildman–Crippen MR) is 106 cm³/mol. The van der Waals surface area contributed by atoms with Crippen molar-refractivity contribution in [3.8, 4) is 0 Å². The third-order valence-corrected chi connectivity index (χ3v) is 5.06. The van der Waals surface area contributed by atoms with Crippen LogP contribution in [0.2, 0.25) is 0 Å². The summed E-state index contributed by atoms with van der Waals surface area (Å²) in [5.41, 5.74) is -0.630. The zero-order chi connectivity index (χ0) is 22.1. The summed E-state index contributed by atoms with van der Waals surface area (Å²) in [4.78, 5) is 33.8. The van der Waals surface area contributed by atoms with E-state index in [1.54, 1.807) is 0 Å². The lowest BCUT2D eigenvalue weighted by Crippen LogP contribution is -2.31. The molecule has 0 saturated heterocycles. The molecule has 2 aromatic rings. The molecule has 0 aromatic heterocycles. The SMILES string of the molecule is COCCNC(=O)COC(=O)c1ccccc1NS(=O)(=O)c1cccc([N+](=O)[O-])c1. The van der Waals surface area contributed by atoms with Gasteiger partial charge in [0.1, 0.15) is 0 Å². The van der Waals surface area contributed by atoms with Gasteiger partial charge in [-0.1, -0.05) is 18.2 Å². The number of esters is 1. The van der Waals surface area contributed by atoms with Crippen LogP contribution in [0.15, 0.2) is 53.4 Å². The summed E-state index contributed by atoms with van der Waals surface area (Å²) in [6.45, 7) is -0.0249. The number of nitrogens with zero attached hydrogens (tertiary/aromatic N) is 1. The van der Waals surface area contributed by atoms with Crippen molar-refractivity contribution in [3.05, 3.63) is 64.2 Å². The van der Waals surface area contributed by atoms with Gasteiger partial charge in [0.15, 0.2) is 6.61 Å². The smallest absolute Gasteiger partial charge is 0.340 e. The van der Waals surface area contributed by atoms with Crippen LogP contribution in [-0.4, -0.2) is 52.1 Å². The van der Waals surface area contributed by atoms with Crippen LogP contribution in [0, 0.1) is 10.1 Å². The van der Waals surface area contributed by atoms with Crippen LogP contribution in [0.4, 0.5) is 11.4 Å². The Balaban J connectivity index is 2.14. The van der Waals surface area contributed by atoms with E-state index in [0.29, 0.717) is 6.61 Å². The van der Waals surface area contributed by atoms with Crippen molar-refractivity contribution < 1.29 is 32.4 Å². The first-order chi connectivity index (χ1) is 14.2. The number of nitro groups is 1. The largest absolute Gasteiger partial charge is 0.452 e. The van der Waals surface area contributed by atoms with Crippen LogP contribution in [-0.2, 0) is 24.3 Å². The second kappa shape index (κ2) is 10.3. The quantitative estimate of drug-likeness (QED) is 0.244. The Hall–Kier alpha value is -3.51. The van der Waals surface area contributed by atoms with Crippen LogP contribution in [0.3, 0.4) is 0 Å². The van der Waals surface area contributed by atoms with Gasteiger partial charge in [-0.3, -0.25) is 19.6 Å². The molecule has 30 heavy (non-hydrogen) atoms. The summed E-state index contributed by atoms with van der Waals surface area (Å²) < 4.78 is 37.1. The van der Waals surface area contributed by atoms with Crippen LogP contribution < -0.4 is 10.0 Å². The van der Waals surface area contributed by atoms with Crippen molar-refractivity contribution in [3.63, 3.8) is 0 Å². The van der Waals surface area contributed by atoms with Crippen LogP contribution in [0.1, 0.15) is 10.4 Å². The van der Waals surface area contributed by atoms with E-state index in [4.69, 9.17) is 9.47 Å². The minimum Gasteiger partial charge on any atom is -0.452 e. The molecular weight excluding hydrogens is 418 g/mol. The number of amides is 1. The summed E-state index contributed by atoms with van der Waals surface area (Å²) >= 11 is 0. The summed E-state index contributed by atoms with van der Waals surface area (Å²) in [6.07, 6.45) is 0. The number of anilines is 1. The van der Waals surface area contributed by atoms with Gasteiger partial charge >= 0.3 is 5.97 Å². The Kier molecular flexibility index (Phi) is 7.83. The summed E-state index contributed by atoms with van der Waals surface area (Å²) in [7, 11) is -2.76. The summed E-state index contributed by atoms with van der Waals surface area (Å²) in [5.74, 6) is -1.47. The molecule has 0 unspecified atom stereocenters. The van der Waals surface area contributed by atoms with Gasteiger partial charge in [-0.2, -0.15) is 0 Å². The van der Waals surface area contributed by atoms with E-state index in [0.717, 1.165) is 12.1 Å². The molecule has 0 aliphatic rings. The first-order valence-corrected chi connectivity index (χ1v) is 10.0. The van der Waals surface area contributed by atoms with E-state index in [-0.39, 0.29) is 22.7 Å². The second-order valence-electron chi connectivity index (χ2n) is 5.82. The van der Waals surface area contributed by atoms with Crippen molar-refractivity contribution in [1.29, 1.82) is 0 Å². The number of sulfonamides is 1. The Bertz CT molecular complexity index is 1040. The number of non-ortho nitro benzene ring substituents is 1. The molecule has 0 fully saturated rings. The fourth-order valence-electron chi connectivity index (χ4n) is 2.27. The molecule has 0 heterocycles. The molecule has 12 heteroatoms. The molecule has 0 aliphatic carbocycles. The lowest BCUT2D eigenvalue weighted by Gasteiger charge is -2.12. The van der Waals surface area contributed by atoms with Gasteiger partial charge in [-0.25, -0.2) is 13.2 Å². The van der Waals surface area contributed by atoms with Gasteiger partial charge in [-0.15, -0.1) is 0 Å². The standard InChI is InChI=1S/C18H19N3O8S/c1-28-10-9-19-17(22)12-29-18(23)15-7-2-3-8-16(15)20-30(26,27)14-6-4-5-13(11-14)21(24)25/h2-8,11,20H,9-10,12H2,1H3,(H,19,22). The first kappa shape index (κ1) is 22.8. The molecule has 11 nitrogen and oxygen atoms in total. The Morgan fingerprint density at radius 1 is 1.13 bits per heavy atom. The lowest BCUT2D eigenvalue weighted by molar-refractivity contribution is -0.385. The number of hydrogen-bond acceptors (Lipinski definition) is 8. The number of ether oxygens (including phenoxy) is 2. The van der Waals surface area contributed by atoms with Gasteiger partial charge in [0.05, 0.1) is 27.7 Å². The summed E-state index contributed by atoms with van der Waals surface area (Å²) in [5, 5.41) is 13.4. The third kappa shape index (κ3) is 6.25. The van der Waals surface area contributed by atoms with E-state index in [2.05, 4.69) is 10.0 Å². The molecule has 2 N–H and O–H groups in total. The lowest BCUT2D eigenvalue weighted by atomic mass is 10.2. The molecule has 160 valence electrons. The molecule has 1 amide bonds. The minimum atomic E-state index is -4.23. The van der Waals surface area contributed by atoms with Crippen LogP contribution >= 0.6 is 0 Å². The zero-order valence-electron chi connectivity index (χ0n) is 15.9. The fourth-order valence-corrected chi connectivity index (χ4v) is 3.39. The zero-order valence-corrected chi connectivity index (χ0v) is 16.7. The molecule has 0 spiro atoms. The van der Waals surface area contributed by atoms with Crippen molar-refractivity contribution in [2.45, 2.75) is 4.90 Å². The number of hydrogen-bond donors (Lipinski definition) is 2. The number of para-hydroxylation sites is 1. The van der Waals surface area contributed by atoms with Gasteiger partial charge in [0.2, 0.25) is 0 Å². The average molecular weight is 437 g/mol. The number of nitro benzene ring substituents is 1. The van der Waals surface area contributed by atoms with Gasteiger partial charge in [0.25, 0.3) is 21.6 Å². The van der Waals surface area contributed by atoms with E-state index < -0.39 is 39.1 Å². The number of carbonyl (C=O) groups is 2. The monoisotopic (exact) mass is 437 g/mol. The molecule has 0 saturated carbocycles. The first-order valence-electron chi connectivity index (χ1n) is 8.53. The highest BCUT2D eigenvalue weighted by molar-refractivity contribution is 7.92. The number of carbonyl (C=O) groups excluding carboxylic acids is 2. The Labute approximate surface area is 172 Å². The molecular formula is C18H19N3O8S. The molecule has 0 radical (unpaired) electrons. The highest BCUT2D eigenvalue weighted by atomic mass is 32.2. The van der Waals surface area contributed by atoms with Crippen molar-refractivity contribution in [2.24, 2.45) is 0 Å². The maximum Gasteiger partial charge on any atom is 0.340 e.